The molecule has 1 saturated heterocycles. The van der Waals surface area contributed by atoms with E-state index >= 15 is 0 Å². The second-order valence-corrected chi connectivity index (χ2v) is 6.77. The Hall–Kier alpha value is -2.73. The van der Waals surface area contributed by atoms with Gasteiger partial charge in [0, 0.05) is 51.2 Å². The molecule has 0 aliphatic carbocycles. The van der Waals surface area contributed by atoms with Crippen molar-refractivity contribution in [2.75, 3.05) is 32.1 Å². The highest BCUT2D eigenvalue weighted by Gasteiger charge is 2.34. The zero-order valence-corrected chi connectivity index (χ0v) is 15.2. The molecule has 1 aliphatic heterocycles. The van der Waals surface area contributed by atoms with Gasteiger partial charge in [-0.25, -0.2) is 9.97 Å². The molecule has 0 spiro atoms. The third-order valence-electron chi connectivity index (χ3n) is 4.69. The maximum atomic E-state index is 12.4. The van der Waals surface area contributed by atoms with Crippen LogP contribution in [0.3, 0.4) is 0 Å². The fourth-order valence-electron chi connectivity index (χ4n) is 3.06. The Morgan fingerprint density at radius 2 is 1.77 bits per heavy atom. The monoisotopic (exact) mass is 352 g/mol. The van der Waals surface area contributed by atoms with Gasteiger partial charge in [0.25, 0.3) is 0 Å². The molecule has 1 aliphatic rings. The third-order valence-corrected chi connectivity index (χ3v) is 4.69. The SMILES string of the molecule is CN(C)c1ncc(C=CC(=O)N2CCC(O)(c3ccccc3)CC2)cn1. The smallest absolute Gasteiger partial charge is 0.246 e. The largest absolute Gasteiger partial charge is 0.385 e. The van der Waals surface area contributed by atoms with Crippen LogP contribution in [-0.4, -0.2) is 53.1 Å². The van der Waals surface area contributed by atoms with Crippen molar-refractivity contribution in [1.29, 1.82) is 0 Å². The summed E-state index contributed by atoms with van der Waals surface area (Å²) in [7, 11) is 3.75. The Bertz CT molecular complexity index is 764. The molecule has 1 fully saturated rings. The van der Waals surface area contributed by atoms with E-state index in [0.29, 0.717) is 31.9 Å². The predicted octanol–water partition coefficient (Wildman–Crippen LogP) is 2.07. The van der Waals surface area contributed by atoms with Crippen molar-refractivity contribution in [2.24, 2.45) is 0 Å². The minimum Gasteiger partial charge on any atom is -0.385 e. The van der Waals surface area contributed by atoms with Crippen molar-refractivity contribution in [3.8, 4) is 0 Å². The zero-order chi connectivity index (χ0) is 18.6. The number of aromatic nitrogens is 2. The van der Waals surface area contributed by atoms with Crippen LogP contribution >= 0.6 is 0 Å². The van der Waals surface area contributed by atoms with E-state index in [2.05, 4.69) is 9.97 Å². The number of likely N-dealkylation sites (tertiary alicyclic amines) is 1. The van der Waals surface area contributed by atoms with E-state index < -0.39 is 5.60 Å². The number of nitrogens with zero attached hydrogens (tertiary/aromatic N) is 4. The van der Waals surface area contributed by atoms with Gasteiger partial charge in [-0.15, -0.1) is 0 Å². The maximum absolute atomic E-state index is 12.4. The molecule has 6 nitrogen and oxygen atoms in total. The first-order valence-corrected chi connectivity index (χ1v) is 8.72. The van der Waals surface area contributed by atoms with E-state index in [-0.39, 0.29) is 5.91 Å². The summed E-state index contributed by atoms with van der Waals surface area (Å²) < 4.78 is 0. The highest BCUT2D eigenvalue weighted by Crippen LogP contribution is 2.32. The van der Waals surface area contributed by atoms with Gasteiger partial charge < -0.3 is 14.9 Å². The molecule has 1 N–H and O–H groups in total. The van der Waals surface area contributed by atoms with Gasteiger partial charge in [-0.05, 0) is 24.5 Å². The van der Waals surface area contributed by atoms with E-state index in [1.54, 1.807) is 29.4 Å². The number of hydrogen-bond donors (Lipinski definition) is 1. The summed E-state index contributed by atoms with van der Waals surface area (Å²) >= 11 is 0. The number of anilines is 1. The summed E-state index contributed by atoms with van der Waals surface area (Å²) in [5, 5.41) is 10.8. The molecule has 1 amide bonds. The van der Waals surface area contributed by atoms with Crippen molar-refractivity contribution in [3.63, 3.8) is 0 Å². The van der Waals surface area contributed by atoms with Crippen molar-refractivity contribution in [1.82, 2.24) is 14.9 Å². The minimum absolute atomic E-state index is 0.0585. The predicted molar refractivity (Wildman–Crippen MR) is 102 cm³/mol. The van der Waals surface area contributed by atoms with E-state index in [1.165, 1.54) is 0 Å². The Morgan fingerprint density at radius 3 is 2.35 bits per heavy atom. The van der Waals surface area contributed by atoms with Crippen LogP contribution in [0.25, 0.3) is 6.08 Å². The number of amides is 1. The van der Waals surface area contributed by atoms with Gasteiger partial charge in [0.2, 0.25) is 11.9 Å². The summed E-state index contributed by atoms with van der Waals surface area (Å²) in [5.41, 5.74) is 0.847. The fourth-order valence-corrected chi connectivity index (χ4v) is 3.06. The maximum Gasteiger partial charge on any atom is 0.246 e. The molecule has 26 heavy (non-hydrogen) atoms. The lowest BCUT2D eigenvalue weighted by Gasteiger charge is -2.38. The van der Waals surface area contributed by atoms with Gasteiger partial charge in [0.1, 0.15) is 0 Å². The molecule has 0 bridgehead atoms. The number of hydrogen-bond acceptors (Lipinski definition) is 5. The van der Waals surface area contributed by atoms with Crippen LogP contribution in [0.1, 0.15) is 24.0 Å². The van der Waals surface area contributed by atoms with Crippen LogP contribution in [-0.2, 0) is 10.4 Å². The Kier molecular flexibility index (Phi) is 5.32. The molecule has 6 heteroatoms. The quantitative estimate of drug-likeness (QED) is 0.853. The van der Waals surface area contributed by atoms with Gasteiger partial charge in [-0.1, -0.05) is 30.3 Å². The number of carbonyl (C=O) groups excluding carboxylic acids is 1. The Balaban J connectivity index is 1.58. The van der Waals surface area contributed by atoms with Crippen LogP contribution in [0.5, 0.6) is 0 Å². The van der Waals surface area contributed by atoms with Gasteiger partial charge >= 0.3 is 0 Å². The summed E-state index contributed by atoms with van der Waals surface area (Å²) in [6.07, 6.45) is 7.72. The van der Waals surface area contributed by atoms with Crippen molar-refractivity contribution in [2.45, 2.75) is 18.4 Å². The van der Waals surface area contributed by atoms with Gasteiger partial charge in [0.15, 0.2) is 0 Å². The highest BCUT2D eigenvalue weighted by atomic mass is 16.3. The normalized spacial score (nSPS) is 16.7. The van der Waals surface area contributed by atoms with Gasteiger partial charge in [-0.2, -0.15) is 0 Å². The highest BCUT2D eigenvalue weighted by molar-refractivity contribution is 5.91. The van der Waals surface area contributed by atoms with E-state index in [1.807, 2.05) is 49.3 Å². The number of aliphatic hydroxyl groups is 1. The molecule has 3 rings (SSSR count). The van der Waals surface area contributed by atoms with Crippen LogP contribution in [0.4, 0.5) is 5.95 Å². The molecule has 0 radical (unpaired) electrons. The second-order valence-electron chi connectivity index (χ2n) is 6.77. The molecule has 1 aromatic carbocycles. The van der Waals surface area contributed by atoms with Crippen LogP contribution < -0.4 is 4.90 Å². The number of rotatable bonds is 4. The summed E-state index contributed by atoms with van der Waals surface area (Å²) in [4.78, 5) is 24.4. The fraction of sp³-hybridized carbons (Fsp3) is 0.350. The first-order chi connectivity index (χ1) is 12.5. The molecule has 0 atom stereocenters. The molecule has 136 valence electrons. The minimum atomic E-state index is -0.850. The van der Waals surface area contributed by atoms with E-state index in [9.17, 15) is 9.90 Å². The molecular weight excluding hydrogens is 328 g/mol. The van der Waals surface area contributed by atoms with Crippen LogP contribution in [0, 0.1) is 0 Å². The first kappa shape index (κ1) is 18.1. The average Bonchev–Trinajstić information content (AvgIpc) is 2.67. The van der Waals surface area contributed by atoms with Gasteiger partial charge in [-0.3, -0.25) is 4.79 Å². The molecule has 2 aromatic rings. The summed E-state index contributed by atoms with van der Waals surface area (Å²) in [5.74, 6) is 0.571. The van der Waals surface area contributed by atoms with Crippen LogP contribution in [0.2, 0.25) is 0 Å². The summed E-state index contributed by atoms with van der Waals surface area (Å²) in [6.45, 7) is 1.06. The zero-order valence-electron chi connectivity index (χ0n) is 15.2. The van der Waals surface area contributed by atoms with Crippen molar-refractivity contribution >= 4 is 17.9 Å². The first-order valence-electron chi connectivity index (χ1n) is 8.72. The molecular formula is C20H24N4O2. The van der Waals surface area contributed by atoms with Crippen LogP contribution in [0.15, 0.2) is 48.8 Å². The summed E-state index contributed by atoms with van der Waals surface area (Å²) in [6, 6.07) is 9.67. The number of carbonyl (C=O) groups is 1. The number of benzene rings is 1. The second kappa shape index (κ2) is 7.66. The Labute approximate surface area is 153 Å². The van der Waals surface area contributed by atoms with Crippen molar-refractivity contribution < 1.29 is 9.90 Å². The van der Waals surface area contributed by atoms with Crippen molar-refractivity contribution in [3.05, 3.63) is 59.9 Å². The molecule has 2 heterocycles. The van der Waals surface area contributed by atoms with E-state index in [4.69, 9.17) is 0 Å². The molecule has 0 unspecified atom stereocenters. The molecule has 1 aromatic heterocycles. The third kappa shape index (κ3) is 4.08. The lowest BCUT2D eigenvalue weighted by molar-refractivity contribution is -0.130. The van der Waals surface area contributed by atoms with Gasteiger partial charge in [0.05, 0.1) is 5.60 Å². The Morgan fingerprint density at radius 1 is 1.15 bits per heavy atom. The molecule has 0 saturated carbocycles. The lowest BCUT2D eigenvalue weighted by atomic mass is 9.84. The number of piperidine rings is 1. The standard InChI is InChI=1S/C20H24N4O2/c1-23(2)19-21-14-16(15-22-19)8-9-18(25)24-12-10-20(26,11-13-24)17-6-4-3-5-7-17/h3-9,14-15,26H,10-13H2,1-2H3. The lowest BCUT2D eigenvalue weighted by Crippen LogP contribution is -2.44. The van der Waals surface area contributed by atoms with E-state index in [0.717, 1.165) is 11.1 Å². The average molecular weight is 352 g/mol. The topological polar surface area (TPSA) is 69.6 Å².